The number of amides is 3. The van der Waals surface area contributed by atoms with Crippen molar-refractivity contribution < 1.29 is 48.8 Å². The summed E-state index contributed by atoms with van der Waals surface area (Å²) in [4.78, 5) is 74.4. The van der Waals surface area contributed by atoms with Gasteiger partial charge >= 0.3 is 23.9 Å². The number of aliphatic carboxylic acids is 1. The van der Waals surface area contributed by atoms with Crippen LogP contribution in [-0.4, -0.2) is 75.9 Å². The molecule has 0 unspecified atom stereocenters. The maximum absolute atomic E-state index is 15.8. The number of benzene rings is 4. The molecule has 4 aromatic carbocycles. The van der Waals surface area contributed by atoms with Gasteiger partial charge in [0.2, 0.25) is 5.91 Å². The Morgan fingerprint density at radius 1 is 0.895 bits per heavy atom. The molecule has 3 aliphatic heterocycles. The van der Waals surface area contributed by atoms with E-state index in [0.29, 0.717) is 22.3 Å². The number of carboxylic acid groups (broad SMARTS) is 1. The van der Waals surface area contributed by atoms with Gasteiger partial charge in [0.15, 0.2) is 0 Å². The van der Waals surface area contributed by atoms with E-state index >= 15 is 4.79 Å². The number of ether oxygens (including phenoxy) is 2. The Balaban J connectivity index is 1.55. The summed E-state index contributed by atoms with van der Waals surface area (Å²) >= 11 is 0. The first-order valence-corrected chi connectivity index (χ1v) is 18.5. The number of methoxy groups -OCH3 is 1. The van der Waals surface area contributed by atoms with E-state index in [-0.39, 0.29) is 30.0 Å². The number of carboxylic acids is 1. The number of imide groups is 1. The highest BCUT2D eigenvalue weighted by atomic mass is 16.6. The first-order valence-electron chi connectivity index (χ1n) is 18.5. The Kier molecular flexibility index (Phi) is 10.6. The predicted molar refractivity (Wildman–Crippen MR) is 205 cm³/mol. The smallest absolute Gasteiger partial charge is 0.329 e. The molecule has 0 aromatic heterocycles. The highest BCUT2D eigenvalue weighted by Gasteiger charge is 2.76. The molecule has 0 radical (unpaired) electrons. The van der Waals surface area contributed by atoms with Crippen LogP contribution in [0.1, 0.15) is 66.3 Å². The summed E-state index contributed by atoms with van der Waals surface area (Å²) < 4.78 is 11.2. The summed E-state index contributed by atoms with van der Waals surface area (Å²) in [6.45, 7) is 3.17. The maximum Gasteiger partial charge on any atom is 0.329 e. The van der Waals surface area contributed by atoms with Crippen LogP contribution in [0.3, 0.4) is 0 Å². The van der Waals surface area contributed by atoms with Crippen molar-refractivity contribution in [1.29, 1.82) is 0 Å². The molecule has 1 spiro atoms. The summed E-state index contributed by atoms with van der Waals surface area (Å²) in [6.07, 6.45) is -0.839. The molecule has 2 saturated heterocycles. The number of hydrogen-bond donors (Lipinski definition) is 4. The fourth-order valence-electron chi connectivity index (χ4n) is 8.66. The molecular formula is C44H41N3O10. The minimum Gasteiger partial charge on any atom is -0.508 e. The van der Waals surface area contributed by atoms with Crippen molar-refractivity contribution in [3.8, 4) is 17.6 Å². The predicted octanol–water partition coefficient (Wildman–Crippen LogP) is 4.78. The molecular weight excluding hydrogens is 730 g/mol. The number of fused-ring (bicyclic) bond motifs is 3. The fourth-order valence-corrected chi connectivity index (χ4v) is 8.66. The molecule has 3 heterocycles. The molecule has 7 rings (SSSR count). The Morgan fingerprint density at radius 3 is 2.14 bits per heavy atom. The average Bonchev–Trinajstić information content (AvgIpc) is 3.67. The molecule has 0 saturated carbocycles. The van der Waals surface area contributed by atoms with Crippen LogP contribution in [0.2, 0.25) is 0 Å². The zero-order valence-corrected chi connectivity index (χ0v) is 31.4. The molecule has 13 heteroatoms. The zero-order valence-electron chi connectivity index (χ0n) is 31.4. The third kappa shape index (κ3) is 6.46. The molecule has 3 aliphatic rings. The van der Waals surface area contributed by atoms with E-state index in [9.17, 15) is 34.5 Å². The number of phenols is 1. The van der Waals surface area contributed by atoms with Gasteiger partial charge in [0, 0.05) is 12.0 Å². The van der Waals surface area contributed by atoms with Crippen LogP contribution >= 0.6 is 0 Å². The number of esters is 2. The van der Waals surface area contributed by atoms with Crippen LogP contribution in [0.4, 0.5) is 10.5 Å². The summed E-state index contributed by atoms with van der Waals surface area (Å²) in [7, 11) is 1.17. The first-order chi connectivity index (χ1) is 27.4. The third-order valence-corrected chi connectivity index (χ3v) is 11.0. The minimum atomic E-state index is -2.22. The Morgan fingerprint density at radius 2 is 1.54 bits per heavy atom. The van der Waals surface area contributed by atoms with Gasteiger partial charge in [-0.15, -0.1) is 0 Å². The van der Waals surface area contributed by atoms with Crippen LogP contribution in [0.5, 0.6) is 5.75 Å². The Labute approximate surface area is 328 Å². The number of nitrogens with one attached hydrogen (secondary N) is 1. The number of phenolic OH excluding ortho intramolecular Hbond substituents is 1. The molecule has 0 aliphatic carbocycles. The van der Waals surface area contributed by atoms with Crippen molar-refractivity contribution >= 4 is 35.5 Å². The fraction of sp³-hybridized carbons (Fsp3) is 0.295. The molecule has 13 nitrogen and oxygen atoms in total. The van der Waals surface area contributed by atoms with Crippen LogP contribution < -0.4 is 10.2 Å². The second-order valence-corrected chi connectivity index (χ2v) is 14.5. The number of hydrogen-bond acceptors (Lipinski definition) is 10. The second-order valence-electron chi connectivity index (χ2n) is 14.5. The summed E-state index contributed by atoms with van der Waals surface area (Å²) in [6, 6.07) is 22.8. The quantitative estimate of drug-likeness (QED) is 0.143. The van der Waals surface area contributed by atoms with Crippen LogP contribution in [0, 0.1) is 23.7 Å². The Bertz CT molecular complexity index is 2270. The van der Waals surface area contributed by atoms with Crippen molar-refractivity contribution in [2.45, 2.75) is 56.0 Å². The second kappa shape index (κ2) is 15.6. The minimum absolute atomic E-state index is 0.0247. The van der Waals surface area contributed by atoms with Crippen molar-refractivity contribution in [3.05, 3.63) is 131 Å². The van der Waals surface area contributed by atoms with Crippen LogP contribution in [0.15, 0.2) is 103 Å². The van der Waals surface area contributed by atoms with E-state index in [4.69, 9.17) is 9.47 Å². The lowest BCUT2D eigenvalue weighted by molar-refractivity contribution is -0.179. The largest absolute Gasteiger partial charge is 0.508 e. The van der Waals surface area contributed by atoms with Gasteiger partial charge in [-0.2, -0.15) is 0 Å². The van der Waals surface area contributed by atoms with Gasteiger partial charge in [0.1, 0.15) is 35.3 Å². The standard InChI is InChI=1S/C44H41N3O10/c1-25(2)34(40(52)56-3)45-43(55)46-32-22-17-26(12-10-11-23-48)24-31(32)44(42(46)54)33(39(50)51)36-41(53)57-37(28-15-8-5-9-16-28)35(27-13-6-4-7-14-27)47(36)38(44)29-18-20-30(49)21-19-29/h4-9,13-22,24-25,33-38,48-49H,11,23H2,1-3H3,(H,45,55)(H,50,51)/t33-,34-,35-,36-,37+,38+,44-/m0/s1. The number of carbonyl (C=O) groups excluding carboxylic acids is 4. The van der Waals surface area contributed by atoms with E-state index in [1.807, 2.05) is 36.4 Å². The van der Waals surface area contributed by atoms with Crippen molar-refractivity contribution in [3.63, 3.8) is 0 Å². The Hall–Kier alpha value is -6.49. The van der Waals surface area contributed by atoms with Gasteiger partial charge in [0.25, 0.3) is 0 Å². The number of carbonyl (C=O) groups is 5. The van der Waals surface area contributed by atoms with E-state index in [0.717, 1.165) is 4.90 Å². The molecule has 3 amide bonds. The van der Waals surface area contributed by atoms with Gasteiger partial charge < -0.3 is 30.1 Å². The van der Waals surface area contributed by atoms with Crippen molar-refractivity contribution in [2.24, 2.45) is 11.8 Å². The number of urea groups is 1. The number of aliphatic hydroxyl groups excluding tert-OH is 1. The van der Waals surface area contributed by atoms with Gasteiger partial charge in [-0.3, -0.25) is 19.3 Å². The SMILES string of the molecule is COC(=O)[C@@H](NC(=O)N1C(=O)[C@@]2(c3cc(C#CCCO)ccc31)[C@H](C(=O)O)[C@H]1C(=O)O[C@H](c3ccccc3)[C@H](c3ccccc3)N1[C@@H]2c1ccc(O)cc1)C(C)C. The van der Waals surface area contributed by atoms with Crippen LogP contribution in [0.25, 0.3) is 0 Å². The van der Waals surface area contributed by atoms with Crippen molar-refractivity contribution in [1.82, 2.24) is 10.2 Å². The number of aliphatic hydroxyl groups is 1. The molecule has 7 atom stereocenters. The number of nitrogens with zero attached hydrogens (tertiary/aromatic N) is 2. The zero-order chi connectivity index (χ0) is 40.6. The first kappa shape index (κ1) is 38.8. The van der Waals surface area contributed by atoms with Crippen molar-refractivity contribution in [2.75, 3.05) is 18.6 Å². The van der Waals surface area contributed by atoms with Gasteiger partial charge in [-0.05, 0) is 58.5 Å². The van der Waals surface area contributed by atoms with Gasteiger partial charge in [-0.1, -0.05) is 98.5 Å². The van der Waals surface area contributed by atoms with E-state index < -0.39 is 77.4 Å². The van der Waals surface area contributed by atoms with E-state index in [1.165, 1.54) is 25.3 Å². The van der Waals surface area contributed by atoms with Crippen LogP contribution in [-0.2, 0) is 34.1 Å². The normalized spacial score (nSPS) is 24.2. The lowest BCUT2D eigenvalue weighted by atomic mass is 9.65. The lowest BCUT2D eigenvalue weighted by Gasteiger charge is -2.46. The highest BCUT2D eigenvalue weighted by Crippen LogP contribution is 2.65. The summed E-state index contributed by atoms with van der Waals surface area (Å²) in [5.74, 6) is -0.685. The average molecular weight is 772 g/mol. The number of aromatic hydroxyl groups is 1. The number of morpholine rings is 1. The molecule has 292 valence electrons. The molecule has 4 aromatic rings. The summed E-state index contributed by atoms with van der Waals surface area (Å²) in [5.41, 5.74) is -0.0735. The third-order valence-electron chi connectivity index (χ3n) is 11.0. The van der Waals surface area contributed by atoms with E-state index in [1.54, 1.807) is 67.3 Å². The topological polar surface area (TPSA) is 183 Å². The number of rotatable bonds is 8. The monoisotopic (exact) mass is 771 g/mol. The van der Waals surface area contributed by atoms with E-state index in [2.05, 4.69) is 17.2 Å². The number of anilines is 1. The lowest BCUT2D eigenvalue weighted by Crippen LogP contribution is -2.56. The molecule has 2 fully saturated rings. The summed E-state index contributed by atoms with van der Waals surface area (Å²) in [5, 5.41) is 34.0. The highest BCUT2D eigenvalue weighted by molar-refractivity contribution is 6.24. The molecule has 0 bridgehead atoms. The maximum atomic E-state index is 15.8. The van der Waals surface area contributed by atoms with Gasteiger partial charge in [-0.25, -0.2) is 14.5 Å². The molecule has 57 heavy (non-hydrogen) atoms. The van der Waals surface area contributed by atoms with Gasteiger partial charge in [0.05, 0.1) is 31.5 Å². The molecule has 4 N–H and O–H groups in total. The number of cyclic esters (lactones) is 1.